The van der Waals surface area contributed by atoms with Gasteiger partial charge in [0.05, 0.1) is 24.5 Å². The van der Waals surface area contributed by atoms with Gasteiger partial charge in [-0.1, -0.05) is 15.9 Å². The van der Waals surface area contributed by atoms with Crippen molar-refractivity contribution in [3.8, 4) is 5.75 Å². The van der Waals surface area contributed by atoms with Crippen LogP contribution < -0.4 is 4.74 Å². The number of nitro benzene ring substituents is 1. The molecule has 0 unspecified atom stereocenters. The minimum absolute atomic E-state index is 0.0863. The van der Waals surface area contributed by atoms with Gasteiger partial charge in [-0.2, -0.15) is 0 Å². The number of nitro groups is 1. The van der Waals surface area contributed by atoms with E-state index in [4.69, 9.17) is 9.47 Å². The van der Waals surface area contributed by atoms with E-state index in [9.17, 15) is 10.1 Å². The Labute approximate surface area is 123 Å². The molecule has 6 nitrogen and oxygen atoms in total. The highest BCUT2D eigenvalue weighted by atomic mass is 79.9. The van der Waals surface area contributed by atoms with Crippen molar-refractivity contribution < 1.29 is 14.4 Å². The number of hydrogen-bond donors (Lipinski definition) is 0. The third-order valence-electron chi connectivity index (χ3n) is 2.60. The molecule has 0 aliphatic carbocycles. The van der Waals surface area contributed by atoms with Crippen molar-refractivity contribution in [2.75, 3.05) is 7.11 Å². The fourth-order valence-electron chi connectivity index (χ4n) is 1.67. The van der Waals surface area contributed by atoms with E-state index in [-0.39, 0.29) is 11.4 Å². The highest BCUT2D eigenvalue weighted by molar-refractivity contribution is 9.10. The zero-order valence-corrected chi connectivity index (χ0v) is 12.2. The number of rotatable bonds is 4. The molecule has 1 aromatic rings. The van der Waals surface area contributed by atoms with Crippen molar-refractivity contribution in [3.63, 3.8) is 0 Å². The zero-order valence-electron chi connectivity index (χ0n) is 10.6. The summed E-state index contributed by atoms with van der Waals surface area (Å²) in [7, 11) is 1.40. The molecule has 0 atom stereocenters. The standard InChI is InChI=1S/C13H11BrN2O4/c1-19-13-6-9(11(14)7-12(13)16(17)18)5-10-8-15-3-2-4-20-10/h2-4,6-8H,5H2,1H3. The van der Waals surface area contributed by atoms with Crippen LogP contribution in [-0.4, -0.2) is 18.2 Å². The molecule has 0 saturated carbocycles. The molecule has 1 aliphatic heterocycles. The largest absolute Gasteiger partial charge is 0.490 e. The van der Waals surface area contributed by atoms with Crippen LogP contribution in [0.15, 0.2) is 45.9 Å². The van der Waals surface area contributed by atoms with E-state index in [1.807, 2.05) is 0 Å². The van der Waals surface area contributed by atoms with Crippen LogP contribution in [0.5, 0.6) is 5.75 Å². The normalized spacial score (nSPS) is 13.4. The van der Waals surface area contributed by atoms with Gasteiger partial charge in [0.25, 0.3) is 0 Å². The summed E-state index contributed by atoms with van der Waals surface area (Å²) in [6, 6.07) is 3.04. The van der Waals surface area contributed by atoms with E-state index in [1.165, 1.54) is 19.4 Å². The van der Waals surface area contributed by atoms with E-state index < -0.39 is 4.92 Å². The molecule has 0 saturated heterocycles. The van der Waals surface area contributed by atoms with Crippen molar-refractivity contribution in [1.29, 1.82) is 0 Å². The predicted molar refractivity (Wildman–Crippen MR) is 77.9 cm³/mol. The second-order valence-corrected chi connectivity index (χ2v) is 4.74. The van der Waals surface area contributed by atoms with E-state index in [1.54, 1.807) is 24.6 Å². The average Bonchev–Trinajstić information content (AvgIpc) is 2.69. The maximum Gasteiger partial charge on any atom is 0.312 e. The van der Waals surface area contributed by atoms with Gasteiger partial charge in [0.2, 0.25) is 0 Å². The zero-order chi connectivity index (χ0) is 14.5. The fourth-order valence-corrected chi connectivity index (χ4v) is 2.14. The molecule has 0 N–H and O–H groups in total. The van der Waals surface area contributed by atoms with Crippen LogP contribution in [0.25, 0.3) is 0 Å². The van der Waals surface area contributed by atoms with E-state index in [0.717, 1.165) is 5.56 Å². The van der Waals surface area contributed by atoms with Crippen molar-refractivity contribution >= 4 is 27.8 Å². The number of allylic oxidation sites excluding steroid dienone is 2. The first-order valence-corrected chi connectivity index (χ1v) is 6.46. The second-order valence-electron chi connectivity index (χ2n) is 3.89. The van der Waals surface area contributed by atoms with Gasteiger partial charge in [-0.3, -0.25) is 15.1 Å². The third kappa shape index (κ3) is 3.24. The molecule has 7 heteroatoms. The Hall–Kier alpha value is -2.15. The van der Waals surface area contributed by atoms with E-state index in [0.29, 0.717) is 16.7 Å². The molecule has 0 spiro atoms. The van der Waals surface area contributed by atoms with Gasteiger partial charge in [0.1, 0.15) is 5.76 Å². The van der Waals surface area contributed by atoms with Crippen molar-refractivity contribution in [1.82, 2.24) is 0 Å². The van der Waals surface area contributed by atoms with Crippen LogP contribution in [0, 0.1) is 10.1 Å². The Balaban J connectivity index is 2.33. The third-order valence-corrected chi connectivity index (χ3v) is 3.34. The number of methoxy groups -OCH3 is 1. The predicted octanol–water partition coefficient (Wildman–Crippen LogP) is 3.36. The maximum absolute atomic E-state index is 10.9. The summed E-state index contributed by atoms with van der Waals surface area (Å²) in [5.41, 5.74) is 0.723. The molecule has 0 aromatic heterocycles. The van der Waals surface area contributed by atoms with Crippen LogP contribution in [0.3, 0.4) is 0 Å². The Morgan fingerprint density at radius 1 is 1.50 bits per heavy atom. The number of nitrogens with zero attached hydrogens (tertiary/aromatic N) is 2. The van der Waals surface area contributed by atoms with Crippen LogP contribution in [0.2, 0.25) is 0 Å². The van der Waals surface area contributed by atoms with Gasteiger partial charge in [0, 0.05) is 23.2 Å². The van der Waals surface area contributed by atoms with Gasteiger partial charge in [0.15, 0.2) is 5.75 Å². The molecule has 0 radical (unpaired) electrons. The fraction of sp³-hybridized carbons (Fsp3) is 0.154. The Bertz CT molecular complexity index is 623. The smallest absolute Gasteiger partial charge is 0.312 e. The first-order valence-electron chi connectivity index (χ1n) is 5.66. The lowest BCUT2D eigenvalue weighted by atomic mass is 10.1. The molecule has 0 bridgehead atoms. The Morgan fingerprint density at radius 2 is 2.30 bits per heavy atom. The summed E-state index contributed by atoms with van der Waals surface area (Å²) in [5.74, 6) is 0.841. The first-order chi connectivity index (χ1) is 9.61. The maximum atomic E-state index is 10.9. The Morgan fingerprint density at radius 3 is 3.00 bits per heavy atom. The van der Waals surface area contributed by atoms with Crippen molar-refractivity contribution in [2.24, 2.45) is 4.99 Å². The second kappa shape index (κ2) is 6.33. The molecule has 0 amide bonds. The van der Waals surface area contributed by atoms with Crippen LogP contribution >= 0.6 is 15.9 Å². The summed E-state index contributed by atoms with van der Waals surface area (Å²) in [6.45, 7) is 0. The molecular formula is C13H11BrN2O4. The molecule has 0 fully saturated rings. The van der Waals surface area contributed by atoms with Crippen LogP contribution in [0.4, 0.5) is 5.69 Å². The van der Waals surface area contributed by atoms with Gasteiger partial charge in [-0.05, 0) is 17.7 Å². The lowest BCUT2D eigenvalue weighted by molar-refractivity contribution is -0.385. The van der Waals surface area contributed by atoms with Crippen molar-refractivity contribution in [3.05, 3.63) is 56.6 Å². The summed E-state index contributed by atoms with van der Waals surface area (Å²) in [5, 5.41) is 10.9. The summed E-state index contributed by atoms with van der Waals surface area (Å²) >= 11 is 3.33. The number of halogens is 1. The number of benzene rings is 1. The lowest BCUT2D eigenvalue weighted by Crippen LogP contribution is -1.98. The highest BCUT2D eigenvalue weighted by Crippen LogP contribution is 2.34. The molecule has 104 valence electrons. The SMILES string of the molecule is COc1cc(CC2=CN=CC=CO2)c(Br)cc1[N+](=O)[O-]. The molecule has 1 heterocycles. The summed E-state index contributed by atoms with van der Waals surface area (Å²) in [6.07, 6.45) is 6.85. The molecule has 1 aromatic carbocycles. The number of ether oxygens (including phenoxy) is 2. The summed E-state index contributed by atoms with van der Waals surface area (Å²) in [4.78, 5) is 14.4. The van der Waals surface area contributed by atoms with Crippen LogP contribution in [-0.2, 0) is 11.2 Å². The Kier molecular flexibility index (Phi) is 4.52. The van der Waals surface area contributed by atoms with E-state index in [2.05, 4.69) is 20.9 Å². The molecule has 20 heavy (non-hydrogen) atoms. The lowest BCUT2D eigenvalue weighted by Gasteiger charge is -2.09. The van der Waals surface area contributed by atoms with Crippen molar-refractivity contribution in [2.45, 2.75) is 6.42 Å². The minimum Gasteiger partial charge on any atom is -0.490 e. The van der Waals surface area contributed by atoms with Gasteiger partial charge in [-0.15, -0.1) is 0 Å². The number of aliphatic imine (C=N–C) groups is 1. The van der Waals surface area contributed by atoms with Gasteiger partial charge in [-0.25, -0.2) is 0 Å². The topological polar surface area (TPSA) is 74.0 Å². The van der Waals surface area contributed by atoms with Crippen LogP contribution in [0.1, 0.15) is 5.56 Å². The van der Waals surface area contributed by atoms with Gasteiger partial charge < -0.3 is 9.47 Å². The molecule has 2 rings (SSSR count). The minimum atomic E-state index is -0.484. The molecule has 1 aliphatic rings. The number of hydrogen-bond acceptors (Lipinski definition) is 5. The van der Waals surface area contributed by atoms with E-state index >= 15 is 0 Å². The summed E-state index contributed by atoms with van der Waals surface area (Å²) < 4.78 is 11.0. The first kappa shape index (κ1) is 14.3. The highest BCUT2D eigenvalue weighted by Gasteiger charge is 2.18. The van der Waals surface area contributed by atoms with Gasteiger partial charge >= 0.3 is 5.69 Å². The molecular weight excluding hydrogens is 328 g/mol. The monoisotopic (exact) mass is 338 g/mol. The quantitative estimate of drug-likeness (QED) is 0.623. The average molecular weight is 339 g/mol.